The molecule has 0 saturated carbocycles. The molecule has 1 aromatic rings. The van der Waals surface area contributed by atoms with E-state index in [0.717, 1.165) is 45.3 Å². The minimum Gasteiger partial charge on any atom is -0.321 e. The van der Waals surface area contributed by atoms with E-state index in [0.29, 0.717) is 16.9 Å². The van der Waals surface area contributed by atoms with Crippen LogP contribution in [0.3, 0.4) is 0 Å². The maximum absolute atomic E-state index is 12.6. The van der Waals surface area contributed by atoms with E-state index >= 15 is 0 Å². The number of carbonyl (C=O) groups is 1. The van der Waals surface area contributed by atoms with Crippen molar-refractivity contribution in [1.29, 1.82) is 0 Å². The van der Waals surface area contributed by atoms with Crippen molar-refractivity contribution in [1.82, 2.24) is 20.0 Å². The van der Waals surface area contributed by atoms with Crippen molar-refractivity contribution in [2.24, 2.45) is 7.05 Å². The van der Waals surface area contributed by atoms with Crippen molar-refractivity contribution in [2.45, 2.75) is 38.6 Å². The molecule has 0 aromatic carbocycles. The molecule has 7 heteroatoms. The van der Waals surface area contributed by atoms with Crippen molar-refractivity contribution in [2.75, 3.05) is 25.0 Å². The Bertz CT molecular complexity index is 470. The van der Waals surface area contributed by atoms with Crippen LogP contribution in [-0.4, -0.2) is 46.4 Å². The number of hydrogen-bond donors (Lipinski definition) is 2. The number of carbonyl (C=O) groups excluding carboxylic acids is 1. The molecule has 2 N–H and O–H groups in total. The highest BCUT2D eigenvalue weighted by Gasteiger charge is 2.25. The van der Waals surface area contributed by atoms with Crippen LogP contribution >= 0.6 is 11.6 Å². The summed E-state index contributed by atoms with van der Waals surface area (Å²) >= 11 is 6.01. The largest absolute Gasteiger partial charge is 0.322 e. The Morgan fingerprint density at radius 1 is 1.57 bits per heavy atom. The highest BCUT2D eigenvalue weighted by Crippen LogP contribution is 2.21. The molecule has 1 fully saturated rings. The number of piperidine rings is 1. The fraction of sp³-hybridized carbons (Fsp3) is 0.714. The average molecular weight is 314 g/mol. The quantitative estimate of drug-likeness (QED) is 0.878. The Kier molecular flexibility index (Phi) is 5.87. The van der Waals surface area contributed by atoms with Gasteiger partial charge in [0, 0.05) is 25.8 Å². The predicted octanol–water partition coefficient (Wildman–Crippen LogP) is 2.46. The van der Waals surface area contributed by atoms with Gasteiger partial charge in [-0.15, -0.1) is 0 Å². The molecule has 0 aliphatic carbocycles. The first-order valence-corrected chi connectivity index (χ1v) is 7.97. The SMILES string of the molecule is CCCCN(C(=O)Nc1cn(C)nc1Cl)C1CCNCC1. The number of aromatic nitrogens is 2. The van der Waals surface area contributed by atoms with E-state index in [1.54, 1.807) is 17.9 Å². The lowest BCUT2D eigenvalue weighted by molar-refractivity contribution is 0.169. The lowest BCUT2D eigenvalue weighted by Crippen LogP contribution is -2.48. The van der Waals surface area contributed by atoms with Crippen LogP contribution in [0.15, 0.2) is 6.20 Å². The van der Waals surface area contributed by atoms with E-state index in [1.807, 2.05) is 4.90 Å². The van der Waals surface area contributed by atoms with Gasteiger partial charge < -0.3 is 15.5 Å². The lowest BCUT2D eigenvalue weighted by Gasteiger charge is -2.34. The van der Waals surface area contributed by atoms with Crippen molar-refractivity contribution in [3.8, 4) is 0 Å². The number of halogens is 1. The maximum atomic E-state index is 12.6. The molecule has 2 amide bonds. The van der Waals surface area contributed by atoms with E-state index in [-0.39, 0.29) is 6.03 Å². The number of hydrogen-bond acceptors (Lipinski definition) is 3. The van der Waals surface area contributed by atoms with Gasteiger partial charge in [0.2, 0.25) is 0 Å². The first-order chi connectivity index (χ1) is 10.1. The smallest absolute Gasteiger partial charge is 0.321 e. The Morgan fingerprint density at radius 3 is 2.86 bits per heavy atom. The molecule has 118 valence electrons. The number of nitrogens with one attached hydrogen (secondary N) is 2. The summed E-state index contributed by atoms with van der Waals surface area (Å²) in [7, 11) is 1.78. The van der Waals surface area contributed by atoms with Crippen molar-refractivity contribution >= 4 is 23.3 Å². The molecular weight excluding hydrogens is 290 g/mol. The van der Waals surface area contributed by atoms with Gasteiger partial charge >= 0.3 is 6.03 Å². The second kappa shape index (κ2) is 7.66. The van der Waals surface area contributed by atoms with Gasteiger partial charge in [0.05, 0.1) is 0 Å². The first-order valence-electron chi connectivity index (χ1n) is 7.59. The van der Waals surface area contributed by atoms with E-state index in [1.165, 1.54) is 0 Å². The Labute approximate surface area is 130 Å². The summed E-state index contributed by atoms with van der Waals surface area (Å²) in [5.74, 6) is 0. The Morgan fingerprint density at radius 2 is 2.29 bits per heavy atom. The van der Waals surface area contributed by atoms with Crippen LogP contribution in [0.25, 0.3) is 0 Å². The molecule has 21 heavy (non-hydrogen) atoms. The van der Waals surface area contributed by atoms with E-state index < -0.39 is 0 Å². The monoisotopic (exact) mass is 313 g/mol. The average Bonchev–Trinajstić information content (AvgIpc) is 2.78. The lowest BCUT2D eigenvalue weighted by atomic mass is 10.0. The second-order valence-corrected chi connectivity index (χ2v) is 5.82. The molecule has 1 aliphatic heterocycles. The van der Waals surface area contributed by atoms with Gasteiger partial charge in [-0.3, -0.25) is 4.68 Å². The van der Waals surface area contributed by atoms with Crippen molar-refractivity contribution in [3.05, 3.63) is 11.3 Å². The molecule has 1 saturated heterocycles. The Balaban J connectivity index is 2.04. The molecule has 0 atom stereocenters. The summed E-state index contributed by atoms with van der Waals surface area (Å²) in [6.45, 7) is 4.85. The van der Waals surface area contributed by atoms with Crippen LogP contribution in [0, 0.1) is 0 Å². The highest BCUT2D eigenvalue weighted by molar-refractivity contribution is 6.32. The van der Waals surface area contributed by atoms with Gasteiger partial charge in [0.25, 0.3) is 0 Å². The third-order valence-corrected chi connectivity index (χ3v) is 4.07. The van der Waals surface area contributed by atoms with Gasteiger partial charge in [0.1, 0.15) is 5.69 Å². The minimum absolute atomic E-state index is 0.0785. The summed E-state index contributed by atoms with van der Waals surface area (Å²) in [6, 6.07) is 0.221. The van der Waals surface area contributed by atoms with Crippen LogP contribution in [0.5, 0.6) is 0 Å². The van der Waals surface area contributed by atoms with Crippen LogP contribution in [-0.2, 0) is 7.05 Å². The fourth-order valence-electron chi connectivity index (χ4n) is 2.63. The van der Waals surface area contributed by atoms with E-state index in [2.05, 4.69) is 22.7 Å². The van der Waals surface area contributed by atoms with Crippen molar-refractivity contribution < 1.29 is 4.79 Å². The number of unbranched alkanes of at least 4 members (excludes halogenated alkanes) is 1. The maximum Gasteiger partial charge on any atom is 0.322 e. The molecule has 0 radical (unpaired) electrons. The fourth-order valence-corrected chi connectivity index (χ4v) is 2.84. The van der Waals surface area contributed by atoms with Crippen LogP contribution in [0.2, 0.25) is 5.15 Å². The van der Waals surface area contributed by atoms with Crippen molar-refractivity contribution in [3.63, 3.8) is 0 Å². The number of aryl methyl sites for hydroxylation is 1. The first kappa shape index (κ1) is 16.1. The summed E-state index contributed by atoms with van der Waals surface area (Å²) in [6.07, 6.45) is 5.80. The third kappa shape index (κ3) is 4.35. The minimum atomic E-state index is -0.0785. The molecule has 2 heterocycles. The number of rotatable bonds is 5. The predicted molar refractivity (Wildman–Crippen MR) is 84.7 cm³/mol. The summed E-state index contributed by atoms with van der Waals surface area (Å²) in [5, 5.41) is 10.6. The zero-order chi connectivity index (χ0) is 15.2. The standard InChI is InChI=1S/C14H24ClN5O/c1-3-4-9-20(11-5-7-16-8-6-11)14(21)17-12-10-19(2)18-13(12)15/h10-11,16H,3-9H2,1-2H3,(H,17,21). The molecular formula is C14H24ClN5O. The van der Waals surface area contributed by atoms with Crippen LogP contribution in [0.1, 0.15) is 32.6 Å². The van der Waals surface area contributed by atoms with Gasteiger partial charge in [-0.1, -0.05) is 24.9 Å². The van der Waals surface area contributed by atoms with Gasteiger partial charge in [0.15, 0.2) is 5.15 Å². The number of urea groups is 1. The molecule has 1 aliphatic rings. The topological polar surface area (TPSA) is 62.2 Å². The molecule has 1 aromatic heterocycles. The zero-order valence-electron chi connectivity index (χ0n) is 12.7. The van der Waals surface area contributed by atoms with Crippen LogP contribution in [0.4, 0.5) is 10.5 Å². The zero-order valence-corrected chi connectivity index (χ0v) is 13.5. The number of nitrogens with zero attached hydrogens (tertiary/aromatic N) is 3. The summed E-state index contributed by atoms with van der Waals surface area (Å²) < 4.78 is 1.60. The molecule has 0 bridgehead atoms. The molecule has 2 rings (SSSR count). The highest BCUT2D eigenvalue weighted by atomic mass is 35.5. The van der Waals surface area contributed by atoms with E-state index in [9.17, 15) is 4.79 Å². The Hall–Kier alpha value is -1.27. The van der Waals surface area contributed by atoms with Gasteiger partial charge in [-0.2, -0.15) is 5.10 Å². The molecule has 6 nitrogen and oxygen atoms in total. The van der Waals surface area contributed by atoms with E-state index in [4.69, 9.17) is 11.6 Å². The number of amides is 2. The van der Waals surface area contributed by atoms with Gasteiger partial charge in [-0.05, 0) is 32.4 Å². The number of anilines is 1. The molecule has 0 spiro atoms. The van der Waals surface area contributed by atoms with Gasteiger partial charge in [-0.25, -0.2) is 4.79 Å². The second-order valence-electron chi connectivity index (χ2n) is 5.47. The molecule has 0 unspecified atom stereocenters. The summed E-state index contributed by atoms with van der Waals surface area (Å²) in [4.78, 5) is 14.5. The third-order valence-electron chi connectivity index (χ3n) is 3.79. The van der Waals surface area contributed by atoms with Crippen LogP contribution < -0.4 is 10.6 Å². The normalized spacial score (nSPS) is 16.0. The summed E-state index contributed by atoms with van der Waals surface area (Å²) in [5.41, 5.74) is 0.569.